The van der Waals surface area contributed by atoms with Crippen molar-refractivity contribution < 1.29 is 24.5 Å². The Bertz CT molecular complexity index is 478. The fourth-order valence-corrected chi connectivity index (χ4v) is 2.18. The van der Waals surface area contributed by atoms with Crippen molar-refractivity contribution in [2.45, 2.75) is 52.4 Å². The molecule has 3 N–H and O–H groups in total. The number of likely N-dealkylation sites (N-methyl/N-ethyl adjacent to an activating group) is 1. The molecule has 0 aliphatic rings. The van der Waals surface area contributed by atoms with Crippen molar-refractivity contribution in [2.24, 2.45) is 0 Å². The van der Waals surface area contributed by atoms with Gasteiger partial charge in [-0.15, -0.1) is 0 Å². The lowest BCUT2D eigenvalue weighted by Crippen LogP contribution is -2.20. The summed E-state index contributed by atoms with van der Waals surface area (Å²) in [6.07, 6.45) is 7.78. The van der Waals surface area contributed by atoms with Gasteiger partial charge in [-0.25, -0.2) is 9.59 Å². The Morgan fingerprint density at radius 2 is 1.64 bits per heavy atom. The van der Waals surface area contributed by atoms with Crippen LogP contribution in [0.25, 0.3) is 0 Å². The maximum absolute atomic E-state index is 9.10. The average Bonchev–Trinajstić information content (AvgIpc) is 2.60. The number of benzene rings is 1. The first kappa shape index (κ1) is 22.9. The molecule has 0 amide bonds. The fraction of sp³-hybridized carbons (Fsp3) is 0.579. The molecule has 0 saturated carbocycles. The molecule has 0 bridgehead atoms. The quantitative estimate of drug-likeness (QED) is 0.417. The summed E-state index contributed by atoms with van der Waals surface area (Å²) in [5.41, 5.74) is 1.36. The van der Waals surface area contributed by atoms with Gasteiger partial charge in [-0.05, 0) is 31.0 Å². The van der Waals surface area contributed by atoms with Crippen LogP contribution in [-0.2, 0) is 16.0 Å². The molecule has 0 aliphatic carbocycles. The van der Waals surface area contributed by atoms with E-state index in [1.54, 1.807) is 0 Å². The van der Waals surface area contributed by atoms with Gasteiger partial charge in [-0.2, -0.15) is 0 Å². The molecule has 1 aromatic carbocycles. The van der Waals surface area contributed by atoms with Gasteiger partial charge in [0.15, 0.2) is 0 Å². The first-order valence-electron chi connectivity index (χ1n) is 8.90. The van der Waals surface area contributed by atoms with E-state index in [4.69, 9.17) is 24.5 Å². The van der Waals surface area contributed by atoms with E-state index < -0.39 is 11.9 Å². The zero-order valence-corrected chi connectivity index (χ0v) is 15.3. The Morgan fingerprint density at radius 3 is 2.24 bits per heavy atom. The fourth-order valence-electron chi connectivity index (χ4n) is 2.18. The summed E-state index contributed by atoms with van der Waals surface area (Å²) in [6, 6.07) is 8.46. The molecule has 25 heavy (non-hydrogen) atoms. The van der Waals surface area contributed by atoms with E-state index in [2.05, 4.69) is 43.4 Å². The maximum Gasteiger partial charge on any atom is 0.414 e. The van der Waals surface area contributed by atoms with Gasteiger partial charge in [0.05, 0.1) is 0 Å². The van der Waals surface area contributed by atoms with Gasteiger partial charge >= 0.3 is 11.9 Å². The zero-order valence-electron chi connectivity index (χ0n) is 15.3. The number of ether oxygens (including phenoxy) is 1. The molecule has 0 fully saturated rings. The molecule has 6 heteroatoms. The lowest BCUT2D eigenvalue weighted by Gasteiger charge is -2.11. The van der Waals surface area contributed by atoms with Gasteiger partial charge in [-0.3, -0.25) is 0 Å². The second-order valence-corrected chi connectivity index (χ2v) is 5.58. The predicted octanol–water partition coefficient (Wildman–Crippen LogP) is 3.34. The standard InChI is InChI=1S/C17H29NO.C2H2O4/c1-3-5-6-7-8-11-16-12-9-10-13-17(16)19-15-14-18-4-2;3-1(4)2(5)6/h9-10,12-13,18H,3-8,11,14-15H2,1-2H3;(H,3,4)(H,5,6). The van der Waals surface area contributed by atoms with Crippen LogP contribution in [0.5, 0.6) is 5.75 Å². The monoisotopic (exact) mass is 353 g/mol. The highest BCUT2D eigenvalue weighted by Gasteiger charge is 2.04. The number of aryl methyl sites for hydroxylation is 1. The second kappa shape index (κ2) is 15.4. The predicted molar refractivity (Wildman–Crippen MR) is 98.2 cm³/mol. The molecule has 0 radical (unpaired) electrons. The van der Waals surface area contributed by atoms with E-state index >= 15 is 0 Å². The Kier molecular flexibility index (Phi) is 14.2. The van der Waals surface area contributed by atoms with Crippen molar-refractivity contribution in [2.75, 3.05) is 19.7 Å². The summed E-state index contributed by atoms with van der Waals surface area (Å²) in [5.74, 6) is -2.58. The Labute approximate surface area is 150 Å². The topological polar surface area (TPSA) is 95.9 Å². The molecule has 0 atom stereocenters. The molecule has 0 spiro atoms. The molecule has 1 aromatic rings. The van der Waals surface area contributed by atoms with Crippen molar-refractivity contribution in [3.05, 3.63) is 29.8 Å². The number of carbonyl (C=O) groups is 2. The SMILES string of the molecule is CCCCCCCc1ccccc1OCCNCC.O=C(O)C(=O)O. The highest BCUT2D eigenvalue weighted by molar-refractivity contribution is 6.27. The van der Waals surface area contributed by atoms with Crippen molar-refractivity contribution in [3.8, 4) is 5.75 Å². The molecule has 0 aliphatic heterocycles. The van der Waals surface area contributed by atoms with Crippen LogP contribution < -0.4 is 10.1 Å². The van der Waals surface area contributed by atoms with Crippen LogP contribution in [0.1, 0.15) is 51.5 Å². The van der Waals surface area contributed by atoms with E-state index in [1.807, 2.05) is 0 Å². The summed E-state index contributed by atoms with van der Waals surface area (Å²) in [4.78, 5) is 18.2. The molecule has 0 heterocycles. The van der Waals surface area contributed by atoms with Crippen LogP contribution in [-0.4, -0.2) is 41.8 Å². The molecule has 6 nitrogen and oxygen atoms in total. The largest absolute Gasteiger partial charge is 0.492 e. The summed E-state index contributed by atoms with van der Waals surface area (Å²) in [7, 11) is 0. The van der Waals surface area contributed by atoms with Crippen molar-refractivity contribution >= 4 is 11.9 Å². The molecule has 142 valence electrons. The number of carboxylic acids is 2. The zero-order chi connectivity index (χ0) is 18.9. The van der Waals surface area contributed by atoms with Gasteiger partial charge in [0, 0.05) is 6.54 Å². The highest BCUT2D eigenvalue weighted by atomic mass is 16.5. The van der Waals surface area contributed by atoms with E-state index in [0.717, 1.165) is 31.9 Å². The molecule has 0 aromatic heterocycles. The smallest absolute Gasteiger partial charge is 0.414 e. The summed E-state index contributed by atoms with van der Waals surface area (Å²) < 4.78 is 5.85. The minimum absolute atomic E-state index is 0.751. The van der Waals surface area contributed by atoms with Gasteiger partial charge in [0.25, 0.3) is 0 Å². The number of aliphatic carboxylic acids is 2. The number of hydrogen-bond acceptors (Lipinski definition) is 4. The Morgan fingerprint density at radius 1 is 1.00 bits per heavy atom. The van der Waals surface area contributed by atoms with Gasteiger partial charge in [-0.1, -0.05) is 57.7 Å². The van der Waals surface area contributed by atoms with Crippen LogP contribution in [0.15, 0.2) is 24.3 Å². The summed E-state index contributed by atoms with van der Waals surface area (Å²) in [6.45, 7) is 7.04. The average molecular weight is 353 g/mol. The summed E-state index contributed by atoms with van der Waals surface area (Å²) >= 11 is 0. The molecular weight excluding hydrogens is 322 g/mol. The number of hydrogen-bond donors (Lipinski definition) is 3. The molecule has 1 rings (SSSR count). The van der Waals surface area contributed by atoms with Gasteiger partial charge < -0.3 is 20.3 Å². The van der Waals surface area contributed by atoms with Crippen LogP contribution in [0.4, 0.5) is 0 Å². The number of nitrogens with one attached hydrogen (secondary N) is 1. The molecule has 0 saturated heterocycles. The maximum atomic E-state index is 9.10. The van der Waals surface area contributed by atoms with E-state index in [9.17, 15) is 0 Å². The third-order valence-corrected chi connectivity index (χ3v) is 3.49. The lowest BCUT2D eigenvalue weighted by molar-refractivity contribution is -0.159. The van der Waals surface area contributed by atoms with Crippen molar-refractivity contribution in [1.29, 1.82) is 0 Å². The third kappa shape index (κ3) is 12.9. The van der Waals surface area contributed by atoms with Crippen LogP contribution in [0.3, 0.4) is 0 Å². The third-order valence-electron chi connectivity index (χ3n) is 3.49. The molecule has 0 unspecified atom stereocenters. The van der Waals surface area contributed by atoms with Gasteiger partial charge in [0.2, 0.25) is 0 Å². The Balaban J connectivity index is 0.000000823. The van der Waals surface area contributed by atoms with Gasteiger partial charge in [0.1, 0.15) is 12.4 Å². The van der Waals surface area contributed by atoms with E-state index in [0.29, 0.717) is 0 Å². The van der Waals surface area contributed by atoms with E-state index in [1.165, 1.54) is 37.7 Å². The minimum Gasteiger partial charge on any atom is -0.492 e. The number of unbranched alkanes of at least 4 members (excludes halogenated alkanes) is 4. The van der Waals surface area contributed by atoms with Crippen LogP contribution in [0.2, 0.25) is 0 Å². The van der Waals surface area contributed by atoms with Crippen molar-refractivity contribution in [1.82, 2.24) is 5.32 Å². The number of carboxylic acid groups (broad SMARTS) is 2. The van der Waals surface area contributed by atoms with Crippen LogP contribution in [0, 0.1) is 0 Å². The summed E-state index contributed by atoms with van der Waals surface area (Å²) in [5, 5.41) is 18.1. The van der Waals surface area contributed by atoms with Crippen molar-refractivity contribution in [3.63, 3.8) is 0 Å². The first-order valence-corrected chi connectivity index (χ1v) is 8.90. The normalized spacial score (nSPS) is 9.84. The number of rotatable bonds is 11. The first-order chi connectivity index (χ1) is 12.0. The molecular formula is C19H31NO5. The second-order valence-electron chi connectivity index (χ2n) is 5.58. The Hall–Kier alpha value is -2.08. The van der Waals surface area contributed by atoms with E-state index in [-0.39, 0.29) is 0 Å². The number of para-hydroxylation sites is 1. The highest BCUT2D eigenvalue weighted by Crippen LogP contribution is 2.20. The minimum atomic E-state index is -1.82. The van der Waals surface area contributed by atoms with Crippen LogP contribution >= 0.6 is 0 Å². The lowest BCUT2D eigenvalue weighted by atomic mass is 10.0.